The van der Waals surface area contributed by atoms with Gasteiger partial charge in [-0.15, -0.1) is 11.3 Å². The van der Waals surface area contributed by atoms with Crippen molar-refractivity contribution < 1.29 is 12.8 Å². The second kappa shape index (κ2) is 6.29. The average molecular weight is 375 g/mol. The van der Waals surface area contributed by atoms with Gasteiger partial charge < -0.3 is 0 Å². The topological polar surface area (TPSA) is 63.2 Å². The van der Waals surface area contributed by atoms with E-state index in [1.165, 1.54) is 27.8 Å². The smallest absolute Gasteiger partial charge is 0.236 e. The van der Waals surface area contributed by atoms with Crippen LogP contribution in [-0.4, -0.2) is 29.2 Å². The van der Waals surface area contributed by atoms with Gasteiger partial charge in [-0.05, 0) is 35.7 Å². The van der Waals surface area contributed by atoms with Gasteiger partial charge >= 0.3 is 0 Å². The zero-order chi connectivity index (χ0) is 17.4. The van der Waals surface area contributed by atoms with Gasteiger partial charge in [0.15, 0.2) is 5.82 Å². The Kier molecular flexibility index (Phi) is 4.10. The molecule has 0 unspecified atom stereocenters. The van der Waals surface area contributed by atoms with Crippen LogP contribution in [0.15, 0.2) is 52.2 Å². The molecule has 3 heterocycles. The van der Waals surface area contributed by atoms with E-state index in [2.05, 4.69) is 9.97 Å². The van der Waals surface area contributed by atoms with Crippen molar-refractivity contribution in [3.8, 4) is 11.4 Å². The molecule has 5 nitrogen and oxygen atoms in total. The highest BCUT2D eigenvalue weighted by Crippen LogP contribution is 2.27. The first kappa shape index (κ1) is 16.3. The van der Waals surface area contributed by atoms with Gasteiger partial charge in [0, 0.05) is 36.8 Å². The molecule has 0 atom stereocenters. The number of hydrogen-bond acceptors (Lipinski definition) is 5. The molecule has 0 N–H and O–H groups in total. The van der Waals surface area contributed by atoms with E-state index in [1.54, 1.807) is 35.8 Å². The van der Waals surface area contributed by atoms with E-state index in [-0.39, 0.29) is 12.4 Å². The third kappa shape index (κ3) is 3.08. The first-order chi connectivity index (χ1) is 12.0. The third-order valence-electron chi connectivity index (χ3n) is 4.09. The summed E-state index contributed by atoms with van der Waals surface area (Å²) in [5, 5.41) is 1.75. The summed E-state index contributed by atoms with van der Waals surface area (Å²) in [6.45, 7) is 0.645. The molecule has 1 aromatic carbocycles. The van der Waals surface area contributed by atoms with Crippen molar-refractivity contribution in [1.82, 2.24) is 14.3 Å². The molecule has 128 valence electrons. The number of halogens is 1. The van der Waals surface area contributed by atoms with Crippen molar-refractivity contribution in [3.05, 3.63) is 65.0 Å². The molecule has 3 aromatic rings. The summed E-state index contributed by atoms with van der Waals surface area (Å²) in [6.07, 6.45) is 2.19. The lowest BCUT2D eigenvalue weighted by Gasteiger charge is -2.26. The Morgan fingerprint density at radius 2 is 1.96 bits per heavy atom. The van der Waals surface area contributed by atoms with Crippen LogP contribution < -0.4 is 0 Å². The fraction of sp³-hybridized carbons (Fsp3) is 0.176. The molecular formula is C17H14FN3O2S2. The highest BCUT2D eigenvalue weighted by Gasteiger charge is 2.30. The van der Waals surface area contributed by atoms with Gasteiger partial charge in [0.25, 0.3) is 10.0 Å². The number of hydrogen-bond donors (Lipinski definition) is 0. The number of sulfonamides is 1. The largest absolute Gasteiger partial charge is 0.252 e. The predicted octanol–water partition coefficient (Wildman–Crippen LogP) is 3.09. The minimum absolute atomic E-state index is 0.263. The van der Waals surface area contributed by atoms with Crippen LogP contribution in [0.3, 0.4) is 0 Å². The van der Waals surface area contributed by atoms with Crippen LogP contribution in [0.4, 0.5) is 4.39 Å². The van der Waals surface area contributed by atoms with E-state index in [4.69, 9.17) is 0 Å². The molecule has 0 saturated heterocycles. The average Bonchev–Trinajstić information content (AvgIpc) is 3.17. The third-order valence-corrected chi connectivity index (χ3v) is 7.31. The van der Waals surface area contributed by atoms with Crippen LogP contribution in [0.25, 0.3) is 11.4 Å². The monoisotopic (exact) mass is 375 g/mol. The SMILES string of the molecule is O=S(=O)(c1cccs1)N1CCc2nc(-c3ccc(F)cc3)ncc2C1. The van der Waals surface area contributed by atoms with Gasteiger partial charge in [0.05, 0.1) is 5.69 Å². The fourth-order valence-corrected chi connectivity index (χ4v) is 5.33. The molecule has 25 heavy (non-hydrogen) atoms. The Morgan fingerprint density at radius 3 is 2.68 bits per heavy atom. The summed E-state index contributed by atoms with van der Waals surface area (Å²) in [6, 6.07) is 9.35. The van der Waals surface area contributed by atoms with Crippen LogP contribution in [0, 0.1) is 5.82 Å². The number of aromatic nitrogens is 2. The highest BCUT2D eigenvalue weighted by atomic mass is 32.2. The maximum Gasteiger partial charge on any atom is 0.252 e. The number of rotatable bonds is 3. The van der Waals surface area contributed by atoms with Crippen molar-refractivity contribution in [1.29, 1.82) is 0 Å². The maximum absolute atomic E-state index is 13.0. The summed E-state index contributed by atoms with van der Waals surface area (Å²) in [5.41, 5.74) is 2.38. The van der Waals surface area contributed by atoms with Crippen molar-refractivity contribution in [2.45, 2.75) is 17.2 Å². The Hall–Kier alpha value is -2.16. The van der Waals surface area contributed by atoms with E-state index in [0.29, 0.717) is 23.0 Å². The van der Waals surface area contributed by atoms with Gasteiger partial charge in [-0.25, -0.2) is 22.8 Å². The van der Waals surface area contributed by atoms with E-state index in [1.807, 2.05) is 0 Å². The molecule has 8 heteroatoms. The van der Waals surface area contributed by atoms with Gasteiger partial charge in [-0.3, -0.25) is 0 Å². The zero-order valence-electron chi connectivity index (χ0n) is 13.1. The number of fused-ring (bicyclic) bond motifs is 1. The minimum Gasteiger partial charge on any atom is -0.236 e. The predicted molar refractivity (Wildman–Crippen MR) is 93.0 cm³/mol. The summed E-state index contributed by atoms with van der Waals surface area (Å²) in [7, 11) is -3.47. The first-order valence-corrected chi connectivity index (χ1v) is 10.0. The van der Waals surface area contributed by atoms with Crippen LogP contribution in [0.5, 0.6) is 0 Å². The van der Waals surface area contributed by atoms with Gasteiger partial charge in [-0.2, -0.15) is 4.31 Å². The maximum atomic E-state index is 13.0. The molecule has 1 aliphatic rings. The van der Waals surface area contributed by atoms with Gasteiger partial charge in [-0.1, -0.05) is 6.07 Å². The van der Waals surface area contributed by atoms with Crippen LogP contribution >= 0.6 is 11.3 Å². The molecule has 0 spiro atoms. The minimum atomic E-state index is -3.47. The van der Waals surface area contributed by atoms with Crippen LogP contribution in [0.2, 0.25) is 0 Å². The molecular weight excluding hydrogens is 361 g/mol. The van der Waals surface area contributed by atoms with Crippen molar-refractivity contribution in [3.63, 3.8) is 0 Å². The van der Waals surface area contributed by atoms with E-state index >= 15 is 0 Å². The second-order valence-electron chi connectivity index (χ2n) is 5.69. The van der Waals surface area contributed by atoms with Crippen LogP contribution in [-0.2, 0) is 23.0 Å². The van der Waals surface area contributed by atoms with E-state index < -0.39 is 10.0 Å². The standard InChI is InChI=1S/C17H14FN3O2S2/c18-14-5-3-12(4-6-14)17-19-10-13-11-21(8-7-15(13)20-17)25(22,23)16-2-1-9-24-16/h1-6,9-10H,7-8,11H2. The molecule has 0 fully saturated rings. The normalized spacial score (nSPS) is 15.1. The van der Waals surface area contributed by atoms with Gasteiger partial charge in [0.1, 0.15) is 10.0 Å². The zero-order valence-corrected chi connectivity index (χ0v) is 14.7. The lowest BCUT2D eigenvalue weighted by Crippen LogP contribution is -2.36. The molecule has 0 amide bonds. The summed E-state index contributed by atoms with van der Waals surface area (Å²) < 4.78 is 40.1. The Balaban J connectivity index is 1.62. The lowest BCUT2D eigenvalue weighted by atomic mass is 10.1. The Morgan fingerprint density at radius 1 is 1.16 bits per heavy atom. The van der Waals surface area contributed by atoms with Crippen molar-refractivity contribution in [2.75, 3.05) is 6.54 Å². The van der Waals surface area contributed by atoms with E-state index in [9.17, 15) is 12.8 Å². The molecule has 2 aromatic heterocycles. The lowest BCUT2D eigenvalue weighted by molar-refractivity contribution is 0.388. The second-order valence-corrected chi connectivity index (χ2v) is 8.81. The Labute approximate surface area is 148 Å². The number of benzene rings is 1. The number of thiophene rings is 1. The molecule has 0 bridgehead atoms. The highest BCUT2D eigenvalue weighted by molar-refractivity contribution is 7.91. The quantitative estimate of drug-likeness (QED) is 0.706. The number of nitrogens with zero attached hydrogens (tertiary/aromatic N) is 3. The van der Waals surface area contributed by atoms with Gasteiger partial charge in [0.2, 0.25) is 0 Å². The first-order valence-electron chi connectivity index (χ1n) is 7.68. The summed E-state index contributed by atoms with van der Waals surface area (Å²) in [5.74, 6) is 0.212. The fourth-order valence-electron chi connectivity index (χ4n) is 2.77. The summed E-state index contributed by atoms with van der Waals surface area (Å²) >= 11 is 1.21. The van der Waals surface area contributed by atoms with E-state index in [0.717, 1.165) is 16.8 Å². The molecule has 0 radical (unpaired) electrons. The molecule has 1 aliphatic heterocycles. The molecule has 4 rings (SSSR count). The Bertz CT molecular complexity index is 1000. The van der Waals surface area contributed by atoms with Crippen LogP contribution in [0.1, 0.15) is 11.3 Å². The summed E-state index contributed by atoms with van der Waals surface area (Å²) in [4.78, 5) is 8.86. The molecule has 0 aliphatic carbocycles. The van der Waals surface area contributed by atoms with Crippen molar-refractivity contribution >= 4 is 21.4 Å². The molecule has 0 saturated carbocycles. The van der Waals surface area contributed by atoms with Crippen molar-refractivity contribution in [2.24, 2.45) is 0 Å².